The number of piperidine rings is 1. The van der Waals surface area contributed by atoms with E-state index in [-0.39, 0.29) is 92.0 Å². The zero-order valence-corrected chi connectivity index (χ0v) is 28.3. The van der Waals surface area contributed by atoms with Crippen LogP contribution in [-0.2, 0) is 27.3 Å². The summed E-state index contributed by atoms with van der Waals surface area (Å²) in [6.45, 7) is 2.18. The highest BCUT2D eigenvalue weighted by atomic mass is 35.5. The first kappa shape index (κ1) is 35.1. The van der Waals surface area contributed by atoms with Crippen molar-refractivity contribution in [2.45, 2.75) is 39.2 Å². The number of benzene rings is 4. The Morgan fingerprint density at radius 1 is 0.860 bits per heavy atom. The fourth-order valence-corrected chi connectivity index (χ4v) is 6.77. The highest BCUT2D eigenvalue weighted by Gasteiger charge is 2.44. The number of hydrogen-bond donors (Lipinski definition) is 0. The molecule has 6 rings (SSSR count). The van der Waals surface area contributed by atoms with Gasteiger partial charge in [0.25, 0.3) is 0 Å². The van der Waals surface area contributed by atoms with Crippen molar-refractivity contribution in [2.24, 2.45) is 5.41 Å². The monoisotopic (exact) mass is 710 g/mol. The summed E-state index contributed by atoms with van der Waals surface area (Å²) in [6, 6.07) is 15.6. The van der Waals surface area contributed by atoms with Crippen molar-refractivity contribution in [3.05, 3.63) is 106 Å². The summed E-state index contributed by atoms with van der Waals surface area (Å²) >= 11 is 5.82. The topological polar surface area (TPSA) is 68.3 Å². The number of rotatable bonds is 10. The van der Waals surface area contributed by atoms with Gasteiger partial charge in [0, 0.05) is 47.3 Å². The Hall–Kier alpha value is -4.77. The van der Waals surface area contributed by atoms with Crippen LogP contribution in [-0.4, -0.2) is 45.3 Å². The molecule has 0 spiro atoms. The summed E-state index contributed by atoms with van der Waals surface area (Å²) in [7, 11) is 1.55. The third kappa shape index (κ3) is 6.96. The van der Waals surface area contributed by atoms with Gasteiger partial charge >= 0.3 is 5.97 Å². The summed E-state index contributed by atoms with van der Waals surface area (Å²) in [6.07, 6.45) is 0.770. The number of methoxy groups -OCH3 is 1. The molecule has 12 heteroatoms. The lowest BCUT2D eigenvalue weighted by Crippen LogP contribution is -2.48. The Morgan fingerprint density at radius 3 is 2.26 bits per heavy atom. The number of anilines is 2. The third-order valence-electron chi connectivity index (χ3n) is 9.38. The van der Waals surface area contributed by atoms with E-state index in [1.54, 1.807) is 31.1 Å². The standard InChI is InChI=1S/C38H35ClF4N2O5/c1-3-49-37(47)38(14-16-44(17-15-38)33-20-31(42)28(19-32(33)43)26-9-6-24(39)18-30(26)41)22-50-34-12-11-29(40)36-27(34)10-13-35(46)45(36)21-23-4-7-25(48-2)8-5-23/h4-9,11-12,18-20H,3,10,13-17,21-22H2,1-2H3. The van der Waals surface area contributed by atoms with Crippen molar-refractivity contribution in [1.82, 2.24) is 0 Å². The van der Waals surface area contributed by atoms with E-state index < -0.39 is 34.7 Å². The molecule has 0 bridgehead atoms. The van der Waals surface area contributed by atoms with E-state index in [1.807, 2.05) is 12.1 Å². The summed E-state index contributed by atoms with van der Waals surface area (Å²) in [4.78, 5) is 29.5. The van der Waals surface area contributed by atoms with Crippen molar-refractivity contribution in [1.29, 1.82) is 0 Å². The van der Waals surface area contributed by atoms with Gasteiger partial charge in [-0.15, -0.1) is 0 Å². The molecule has 50 heavy (non-hydrogen) atoms. The van der Waals surface area contributed by atoms with Gasteiger partial charge in [-0.25, -0.2) is 17.6 Å². The Morgan fingerprint density at radius 2 is 1.58 bits per heavy atom. The van der Waals surface area contributed by atoms with Gasteiger partial charge in [-0.2, -0.15) is 0 Å². The van der Waals surface area contributed by atoms with Gasteiger partial charge in [-0.05, 0) is 80.3 Å². The number of fused-ring (bicyclic) bond motifs is 1. The third-order valence-corrected chi connectivity index (χ3v) is 9.62. The largest absolute Gasteiger partial charge is 0.497 e. The molecule has 2 aliphatic heterocycles. The highest BCUT2D eigenvalue weighted by molar-refractivity contribution is 6.30. The van der Waals surface area contributed by atoms with Crippen LogP contribution in [0.1, 0.15) is 37.3 Å². The molecular formula is C38H35ClF4N2O5. The van der Waals surface area contributed by atoms with Crippen molar-refractivity contribution >= 4 is 34.9 Å². The zero-order valence-electron chi connectivity index (χ0n) is 27.5. The van der Waals surface area contributed by atoms with Crippen LogP contribution in [0.4, 0.5) is 28.9 Å². The van der Waals surface area contributed by atoms with E-state index in [1.165, 1.54) is 29.2 Å². The molecule has 4 aromatic rings. The minimum absolute atomic E-state index is 0.0202. The van der Waals surface area contributed by atoms with E-state index in [2.05, 4.69) is 0 Å². The molecule has 0 aliphatic carbocycles. The number of ether oxygens (including phenoxy) is 3. The molecule has 4 aromatic carbocycles. The molecule has 262 valence electrons. The summed E-state index contributed by atoms with van der Waals surface area (Å²) < 4.78 is 77.5. The first-order valence-corrected chi connectivity index (χ1v) is 16.7. The molecule has 1 saturated heterocycles. The molecule has 0 N–H and O–H groups in total. The number of nitrogens with zero attached hydrogens (tertiary/aromatic N) is 2. The lowest BCUT2D eigenvalue weighted by atomic mass is 9.78. The predicted molar refractivity (Wildman–Crippen MR) is 182 cm³/mol. The maximum Gasteiger partial charge on any atom is 0.315 e. The second-order valence-corrected chi connectivity index (χ2v) is 12.8. The van der Waals surface area contributed by atoms with E-state index in [0.29, 0.717) is 17.1 Å². The van der Waals surface area contributed by atoms with E-state index in [4.69, 9.17) is 25.8 Å². The molecule has 2 aliphatic rings. The van der Waals surface area contributed by atoms with Gasteiger partial charge in [0.05, 0.1) is 31.6 Å². The van der Waals surface area contributed by atoms with Gasteiger partial charge in [0.1, 0.15) is 46.8 Å². The average Bonchev–Trinajstić information content (AvgIpc) is 3.11. The normalized spacial score (nSPS) is 15.5. The molecule has 0 atom stereocenters. The minimum atomic E-state index is -1.14. The number of halogens is 5. The van der Waals surface area contributed by atoms with Crippen LogP contribution in [0, 0.1) is 28.7 Å². The van der Waals surface area contributed by atoms with Crippen LogP contribution in [0.15, 0.2) is 66.7 Å². The second kappa shape index (κ2) is 14.6. The van der Waals surface area contributed by atoms with Gasteiger partial charge in [0.2, 0.25) is 5.91 Å². The van der Waals surface area contributed by atoms with Crippen LogP contribution < -0.4 is 19.3 Å². The fraction of sp³-hybridized carbons (Fsp3) is 0.316. The van der Waals surface area contributed by atoms with Crippen molar-refractivity contribution in [3.63, 3.8) is 0 Å². The van der Waals surface area contributed by atoms with E-state index in [9.17, 15) is 14.0 Å². The SMILES string of the molecule is CCOC(=O)C1(COc2ccc(F)c3c2CCC(=O)N3Cc2ccc(OC)cc2)CCN(c2cc(F)c(-c3ccc(Cl)cc3F)cc2F)CC1. The Labute approximate surface area is 292 Å². The Bertz CT molecular complexity index is 1910. The van der Waals surface area contributed by atoms with Crippen molar-refractivity contribution in [2.75, 3.05) is 43.2 Å². The van der Waals surface area contributed by atoms with Gasteiger partial charge in [0.15, 0.2) is 0 Å². The smallest absolute Gasteiger partial charge is 0.315 e. The quantitative estimate of drug-likeness (QED) is 0.122. The first-order chi connectivity index (χ1) is 24.0. The van der Waals surface area contributed by atoms with Crippen LogP contribution in [0.25, 0.3) is 11.1 Å². The van der Waals surface area contributed by atoms with Crippen molar-refractivity contribution < 1.29 is 41.4 Å². The van der Waals surface area contributed by atoms with Gasteiger partial charge in [-0.3, -0.25) is 9.59 Å². The molecule has 7 nitrogen and oxygen atoms in total. The fourth-order valence-electron chi connectivity index (χ4n) is 6.61. The van der Waals surface area contributed by atoms with E-state index in [0.717, 1.165) is 23.8 Å². The average molecular weight is 711 g/mol. The first-order valence-electron chi connectivity index (χ1n) is 16.3. The van der Waals surface area contributed by atoms with Crippen LogP contribution in [0.5, 0.6) is 11.5 Å². The zero-order chi connectivity index (χ0) is 35.6. The molecule has 0 radical (unpaired) electrons. The number of carbonyl (C=O) groups excluding carboxylic acids is 2. The minimum Gasteiger partial charge on any atom is -0.497 e. The van der Waals surface area contributed by atoms with Crippen molar-refractivity contribution in [3.8, 4) is 22.6 Å². The lowest BCUT2D eigenvalue weighted by Gasteiger charge is -2.41. The van der Waals surface area contributed by atoms with Crippen LogP contribution in [0.2, 0.25) is 5.02 Å². The molecule has 0 aromatic heterocycles. The van der Waals surface area contributed by atoms with Gasteiger partial charge in [-0.1, -0.05) is 23.7 Å². The number of carbonyl (C=O) groups is 2. The Balaban J connectivity index is 1.21. The molecular weight excluding hydrogens is 676 g/mol. The van der Waals surface area contributed by atoms with Crippen LogP contribution in [0.3, 0.4) is 0 Å². The van der Waals surface area contributed by atoms with Crippen LogP contribution >= 0.6 is 11.6 Å². The molecule has 0 saturated carbocycles. The number of esters is 1. The summed E-state index contributed by atoms with van der Waals surface area (Å²) in [5.41, 5.74) is -0.0766. The molecule has 1 amide bonds. The predicted octanol–water partition coefficient (Wildman–Crippen LogP) is 8.28. The number of amides is 1. The highest BCUT2D eigenvalue weighted by Crippen LogP contribution is 2.42. The Kier molecular flexibility index (Phi) is 10.2. The lowest BCUT2D eigenvalue weighted by molar-refractivity contribution is -0.159. The van der Waals surface area contributed by atoms with Gasteiger partial charge < -0.3 is 24.0 Å². The molecule has 2 heterocycles. The van der Waals surface area contributed by atoms with E-state index >= 15 is 13.2 Å². The maximum atomic E-state index is 15.4. The number of hydrogen-bond acceptors (Lipinski definition) is 6. The summed E-state index contributed by atoms with van der Waals surface area (Å²) in [5.74, 6) is -2.62. The maximum absolute atomic E-state index is 15.4. The molecule has 0 unspecified atom stereocenters. The second-order valence-electron chi connectivity index (χ2n) is 12.4. The molecule has 1 fully saturated rings. The summed E-state index contributed by atoms with van der Waals surface area (Å²) in [5, 5.41) is 0.132.